The Labute approximate surface area is 98.4 Å². The maximum absolute atomic E-state index is 8.57. The maximum Gasteiger partial charge on any atom is 0.119 e. The summed E-state index contributed by atoms with van der Waals surface area (Å²) in [4.78, 5) is 0. The molecule has 0 aliphatic rings. The maximum atomic E-state index is 8.57. The van der Waals surface area contributed by atoms with Crippen LogP contribution in [0.25, 0.3) is 0 Å². The van der Waals surface area contributed by atoms with Gasteiger partial charge in [-0.1, -0.05) is 27.8 Å². The molecular formula is C12H13BrO2. The number of hydrogen-bond donors (Lipinski definition) is 1. The largest absolute Gasteiger partial charge is 0.491 e. The van der Waals surface area contributed by atoms with Crippen LogP contribution in [0.4, 0.5) is 0 Å². The lowest BCUT2D eigenvalue weighted by Gasteiger charge is -2.02. The van der Waals surface area contributed by atoms with E-state index in [4.69, 9.17) is 9.84 Å². The van der Waals surface area contributed by atoms with Crippen LogP contribution in [0, 0.1) is 11.8 Å². The molecule has 1 rings (SSSR count). The standard InChI is InChI=1S/C12H13BrO2/c13-8-2-1-3-11-4-6-12(7-5-11)15-10-9-14/h4-7,14H,2,8-10H2. The first kappa shape index (κ1) is 12.1. The van der Waals surface area contributed by atoms with Crippen molar-refractivity contribution in [1.29, 1.82) is 0 Å². The predicted molar refractivity (Wildman–Crippen MR) is 64.3 cm³/mol. The molecule has 2 nitrogen and oxygen atoms in total. The molecule has 3 heteroatoms. The fourth-order valence-corrected chi connectivity index (χ4v) is 1.21. The van der Waals surface area contributed by atoms with Crippen LogP contribution in [0.15, 0.2) is 24.3 Å². The summed E-state index contributed by atoms with van der Waals surface area (Å²) in [7, 11) is 0. The van der Waals surface area contributed by atoms with E-state index >= 15 is 0 Å². The highest BCUT2D eigenvalue weighted by Gasteiger charge is 1.92. The van der Waals surface area contributed by atoms with Crippen LogP contribution in [-0.2, 0) is 0 Å². The first-order valence-corrected chi connectivity index (χ1v) is 5.87. The Bertz CT molecular complexity index is 335. The SMILES string of the molecule is OCCOc1ccc(C#CCCBr)cc1. The normalized spacial score (nSPS) is 9.20. The fourth-order valence-electron chi connectivity index (χ4n) is 1.01. The van der Waals surface area contributed by atoms with Crippen LogP contribution in [0.2, 0.25) is 0 Å². The van der Waals surface area contributed by atoms with E-state index in [-0.39, 0.29) is 6.61 Å². The zero-order valence-electron chi connectivity index (χ0n) is 8.37. The monoisotopic (exact) mass is 268 g/mol. The van der Waals surface area contributed by atoms with Gasteiger partial charge in [0, 0.05) is 17.3 Å². The van der Waals surface area contributed by atoms with Gasteiger partial charge in [0.2, 0.25) is 0 Å². The third-order valence-electron chi connectivity index (χ3n) is 1.67. The number of alkyl halides is 1. The molecule has 0 spiro atoms. The molecule has 0 saturated heterocycles. The Morgan fingerprint density at radius 2 is 2.00 bits per heavy atom. The lowest BCUT2D eigenvalue weighted by molar-refractivity contribution is 0.201. The number of hydrogen-bond acceptors (Lipinski definition) is 2. The molecule has 0 saturated carbocycles. The van der Waals surface area contributed by atoms with E-state index in [0.29, 0.717) is 6.61 Å². The molecule has 1 N–H and O–H groups in total. The molecule has 1 aromatic carbocycles. The van der Waals surface area contributed by atoms with E-state index in [0.717, 1.165) is 23.1 Å². The molecule has 0 unspecified atom stereocenters. The molecule has 0 aliphatic carbocycles. The van der Waals surface area contributed by atoms with Gasteiger partial charge in [0.05, 0.1) is 6.61 Å². The summed E-state index contributed by atoms with van der Waals surface area (Å²) >= 11 is 3.32. The summed E-state index contributed by atoms with van der Waals surface area (Å²) in [6.45, 7) is 0.363. The van der Waals surface area contributed by atoms with Crippen molar-refractivity contribution in [3.63, 3.8) is 0 Å². The van der Waals surface area contributed by atoms with Crippen LogP contribution >= 0.6 is 15.9 Å². The minimum atomic E-state index is 0.0345. The number of aliphatic hydroxyl groups is 1. The van der Waals surface area contributed by atoms with Gasteiger partial charge in [-0.25, -0.2) is 0 Å². The second-order valence-corrected chi connectivity index (χ2v) is 3.63. The van der Waals surface area contributed by atoms with Gasteiger partial charge in [-0.05, 0) is 24.3 Å². The molecule has 0 aromatic heterocycles. The van der Waals surface area contributed by atoms with Gasteiger partial charge in [0.1, 0.15) is 12.4 Å². The second kappa shape index (κ2) is 7.33. The van der Waals surface area contributed by atoms with Crippen molar-refractivity contribution in [2.45, 2.75) is 6.42 Å². The van der Waals surface area contributed by atoms with Crippen LogP contribution < -0.4 is 4.74 Å². The van der Waals surface area contributed by atoms with Gasteiger partial charge in [-0.15, -0.1) is 0 Å². The smallest absolute Gasteiger partial charge is 0.119 e. The van der Waals surface area contributed by atoms with Crippen LogP contribution in [0.5, 0.6) is 5.75 Å². The zero-order valence-corrected chi connectivity index (χ0v) is 9.96. The molecule has 0 aliphatic heterocycles. The van der Waals surface area contributed by atoms with E-state index < -0.39 is 0 Å². The Balaban J connectivity index is 2.53. The van der Waals surface area contributed by atoms with Crippen molar-refractivity contribution < 1.29 is 9.84 Å². The number of benzene rings is 1. The first-order valence-electron chi connectivity index (χ1n) is 4.75. The molecule has 0 amide bonds. The van der Waals surface area contributed by atoms with Crippen LogP contribution in [0.3, 0.4) is 0 Å². The molecule has 15 heavy (non-hydrogen) atoms. The first-order chi connectivity index (χ1) is 7.36. The summed E-state index contributed by atoms with van der Waals surface area (Å²) in [6, 6.07) is 7.53. The van der Waals surface area contributed by atoms with Crippen molar-refractivity contribution in [1.82, 2.24) is 0 Å². The van der Waals surface area contributed by atoms with Gasteiger partial charge >= 0.3 is 0 Å². The van der Waals surface area contributed by atoms with Crippen LogP contribution in [0.1, 0.15) is 12.0 Å². The average molecular weight is 269 g/mol. The summed E-state index contributed by atoms with van der Waals surface area (Å²) in [6.07, 6.45) is 0.850. The summed E-state index contributed by atoms with van der Waals surface area (Å²) in [5.41, 5.74) is 0.979. The van der Waals surface area contributed by atoms with Crippen molar-refractivity contribution >= 4 is 15.9 Å². The van der Waals surface area contributed by atoms with E-state index in [2.05, 4.69) is 27.8 Å². The number of aliphatic hydroxyl groups excluding tert-OH is 1. The Kier molecular flexibility index (Phi) is 5.91. The zero-order chi connectivity index (χ0) is 10.9. The Morgan fingerprint density at radius 3 is 2.60 bits per heavy atom. The highest BCUT2D eigenvalue weighted by Crippen LogP contribution is 2.11. The quantitative estimate of drug-likeness (QED) is 0.670. The number of ether oxygens (including phenoxy) is 1. The number of halogens is 1. The van der Waals surface area contributed by atoms with Gasteiger partial charge in [0.15, 0.2) is 0 Å². The van der Waals surface area contributed by atoms with Crippen molar-refractivity contribution in [3.8, 4) is 17.6 Å². The summed E-state index contributed by atoms with van der Waals surface area (Å²) in [5.74, 6) is 6.84. The highest BCUT2D eigenvalue weighted by molar-refractivity contribution is 9.09. The van der Waals surface area contributed by atoms with Crippen molar-refractivity contribution in [2.24, 2.45) is 0 Å². The Morgan fingerprint density at radius 1 is 1.27 bits per heavy atom. The lowest BCUT2D eigenvalue weighted by atomic mass is 10.2. The third kappa shape index (κ3) is 4.87. The molecule has 0 radical (unpaired) electrons. The van der Waals surface area contributed by atoms with Crippen molar-refractivity contribution in [2.75, 3.05) is 18.5 Å². The predicted octanol–water partition coefficient (Wildman–Crippen LogP) is 2.19. The lowest BCUT2D eigenvalue weighted by Crippen LogP contribution is -2.01. The van der Waals surface area contributed by atoms with Gasteiger partial charge < -0.3 is 9.84 Å². The molecule has 80 valence electrons. The molecular weight excluding hydrogens is 256 g/mol. The highest BCUT2D eigenvalue weighted by atomic mass is 79.9. The average Bonchev–Trinajstić information content (AvgIpc) is 2.28. The second-order valence-electron chi connectivity index (χ2n) is 2.84. The summed E-state index contributed by atoms with van der Waals surface area (Å²) in [5, 5.41) is 9.47. The molecule has 0 heterocycles. The summed E-state index contributed by atoms with van der Waals surface area (Å²) < 4.78 is 5.23. The minimum absolute atomic E-state index is 0.0345. The van der Waals surface area contributed by atoms with Gasteiger partial charge in [0.25, 0.3) is 0 Å². The molecule has 1 aromatic rings. The van der Waals surface area contributed by atoms with E-state index in [9.17, 15) is 0 Å². The van der Waals surface area contributed by atoms with Crippen LogP contribution in [-0.4, -0.2) is 23.7 Å². The number of rotatable bonds is 4. The minimum Gasteiger partial charge on any atom is -0.491 e. The third-order valence-corrected chi connectivity index (χ3v) is 2.06. The van der Waals surface area contributed by atoms with E-state index in [1.165, 1.54) is 0 Å². The van der Waals surface area contributed by atoms with E-state index in [1.807, 2.05) is 24.3 Å². The van der Waals surface area contributed by atoms with Gasteiger partial charge in [-0.3, -0.25) is 0 Å². The molecule has 0 fully saturated rings. The molecule has 0 atom stereocenters. The van der Waals surface area contributed by atoms with Gasteiger partial charge in [-0.2, -0.15) is 0 Å². The molecule has 0 bridgehead atoms. The Hall–Kier alpha value is -0.980. The van der Waals surface area contributed by atoms with Crippen molar-refractivity contribution in [3.05, 3.63) is 29.8 Å². The topological polar surface area (TPSA) is 29.5 Å². The fraction of sp³-hybridized carbons (Fsp3) is 0.333. The van der Waals surface area contributed by atoms with E-state index in [1.54, 1.807) is 0 Å².